The van der Waals surface area contributed by atoms with Crippen LogP contribution in [-0.4, -0.2) is 32.2 Å². The fourth-order valence-electron chi connectivity index (χ4n) is 2.20. The molecule has 0 aromatic heterocycles. The summed E-state index contributed by atoms with van der Waals surface area (Å²) in [4.78, 5) is 23.8. The molecule has 0 heterocycles. The van der Waals surface area contributed by atoms with Crippen molar-refractivity contribution in [3.05, 3.63) is 53.1 Å². The van der Waals surface area contributed by atoms with Crippen molar-refractivity contribution in [2.45, 2.75) is 13.3 Å². The summed E-state index contributed by atoms with van der Waals surface area (Å²) in [6.07, 6.45) is 0.0696. The van der Waals surface area contributed by atoms with Crippen molar-refractivity contribution in [2.24, 2.45) is 0 Å². The van der Waals surface area contributed by atoms with Crippen molar-refractivity contribution in [3.63, 3.8) is 0 Å². The van der Waals surface area contributed by atoms with Crippen LogP contribution in [-0.2, 0) is 20.7 Å². The van der Waals surface area contributed by atoms with Crippen LogP contribution in [0.2, 0.25) is 5.02 Å². The van der Waals surface area contributed by atoms with Gasteiger partial charge in [-0.1, -0.05) is 23.7 Å². The van der Waals surface area contributed by atoms with Crippen LogP contribution in [0.5, 0.6) is 11.5 Å². The number of ether oxygens (including phenoxy) is 3. The van der Waals surface area contributed by atoms with Gasteiger partial charge in [-0.3, -0.25) is 9.59 Å². The second kappa shape index (κ2) is 9.68. The largest absolute Gasteiger partial charge is 0.495 e. The highest BCUT2D eigenvalue weighted by Crippen LogP contribution is 2.27. The predicted molar refractivity (Wildman–Crippen MR) is 98.9 cm³/mol. The summed E-state index contributed by atoms with van der Waals surface area (Å²) in [5.41, 5.74) is 1.18. The second-order valence-corrected chi connectivity index (χ2v) is 5.74. The quantitative estimate of drug-likeness (QED) is 0.713. The number of nitrogens with one attached hydrogen (secondary N) is 1. The minimum atomic E-state index is -0.498. The Morgan fingerprint density at radius 2 is 1.85 bits per heavy atom. The van der Waals surface area contributed by atoms with Crippen molar-refractivity contribution in [1.29, 1.82) is 0 Å². The number of amides is 1. The molecule has 0 spiro atoms. The van der Waals surface area contributed by atoms with Crippen LogP contribution in [0.15, 0.2) is 42.5 Å². The minimum Gasteiger partial charge on any atom is -0.495 e. The van der Waals surface area contributed by atoms with Crippen LogP contribution in [0.3, 0.4) is 0 Å². The molecule has 6 nitrogen and oxygen atoms in total. The van der Waals surface area contributed by atoms with E-state index in [0.29, 0.717) is 23.1 Å². The van der Waals surface area contributed by atoms with Crippen LogP contribution in [0.1, 0.15) is 12.5 Å². The van der Waals surface area contributed by atoms with E-state index in [2.05, 4.69) is 5.32 Å². The molecule has 0 saturated carbocycles. The van der Waals surface area contributed by atoms with Gasteiger partial charge in [0.2, 0.25) is 0 Å². The van der Waals surface area contributed by atoms with Crippen LogP contribution in [0.4, 0.5) is 5.69 Å². The van der Waals surface area contributed by atoms with Gasteiger partial charge in [-0.05, 0) is 42.8 Å². The van der Waals surface area contributed by atoms with Crippen molar-refractivity contribution in [3.8, 4) is 11.5 Å². The van der Waals surface area contributed by atoms with E-state index in [4.69, 9.17) is 25.8 Å². The first-order valence-electron chi connectivity index (χ1n) is 8.02. The molecule has 7 heteroatoms. The molecular formula is C19H20ClNO5. The molecule has 2 aromatic carbocycles. The number of carbonyl (C=O) groups is 2. The molecule has 26 heavy (non-hydrogen) atoms. The van der Waals surface area contributed by atoms with Gasteiger partial charge in [-0.25, -0.2) is 0 Å². The number of methoxy groups -OCH3 is 1. The fraction of sp³-hybridized carbons (Fsp3) is 0.263. The number of halogens is 1. The number of hydrogen-bond donors (Lipinski definition) is 1. The first kappa shape index (κ1) is 19.6. The Morgan fingerprint density at radius 3 is 2.50 bits per heavy atom. The molecule has 1 N–H and O–H groups in total. The molecule has 1 amide bonds. The lowest BCUT2D eigenvalue weighted by Crippen LogP contribution is -2.22. The normalized spacial score (nSPS) is 10.1. The average molecular weight is 378 g/mol. The van der Waals surface area contributed by atoms with E-state index in [1.54, 1.807) is 42.5 Å². The second-order valence-electron chi connectivity index (χ2n) is 5.31. The number of anilines is 1. The summed E-state index contributed by atoms with van der Waals surface area (Å²) in [6.45, 7) is 2.08. The molecule has 2 aromatic rings. The van der Waals surface area contributed by atoms with Crippen molar-refractivity contribution in [2.75, 3.05) is 25.6 Å². The molecule has 0 fully saturated rings. The maximum absolute atomic E-state index is 12.0. The van der Waals surface area contributed by atoms with E-state index in [-0.39, 0.29) is 6.42 Å². The number of hydrogen-bond acceptors (Lipinski definition) is 5. The fourth-order valence-corrected chi connectivity index (χ4v) is 2.37. The molecule has 138 valence electrons. The summed E-state index contributed by atoms with van der Waals surface area (Å²) in [7, 11) is 1.48. The average Bonchev–Trinajstić information content (AvgIpc) is 2.62. The minimum absolute atomic E-state index is 0.0696. The summed E-state index contributed by atoms with van der Waals surface area (Å²) in [5.74, 6) is 0.218. The topological polar surface area (TPSA) is 73.9 Å². The third-order valence-corrected chi connectivity index (χ3v) is 3.62. The molecule has 0 aliphatic rings. The predicted octanol–water partition coefficient (Wildman–Crippen LogP) is 3.47. The number of esters is 1. The third kappa shape index (κ3) is 5.97. The van der Waals surface area contributed by atoms with Gasteiger partial charge in [-0.2, -0.15) is 0 Å². The van der Waals surface area contributed by atoms with E-state index in [9.17, 15) is 9.59 Å². The Hall–Kier alpha value is -2.73. The van der Waals surface area contributed by atoms with E-state index in [1.165, 1.54) is 7.11 Å². The molecule has 0 saturated heterocycles. The van der Waals surface area contributed by atoms with Gasteiger partial charge in [0.1, 0.15) is 11.5 Å². The molecule has 0 bridgehead atoms. The molecule has 0 aliphatic heterocycles. The number of benzene rings is 2. The standard InChI is InChI=1S/C19H20ClNO5/c1-3-25-15-7-4-13(5-8-15)10-19(23)26-12-18(22)21-16-11-14(20)6-9-17(16)24-2/h4-9,11H,3,10,12H2,1-2H3,(H,21,22). The summed E-state index contributed by atoms with van der Waals surface area (Å²) in [6, 6.07) is 12.0. The SMILES string of the molecule is CCOc1ccc(CC(=O)OCC(=O)Nc2cc(Cl)ccc2OC)cc1. The number of carbonyl (C=O) groups excluding carboxylic acids is 2. The van der Waals surface area contributed by atoms with Crippen molar-refractivity contribution >= 4 is 29.2 Å². The zero-order chi connectivity index (χ0) is 18.9. The van der Waals surface area contributed by atoms with E-state index in [0.717, 1.165) is 11.3 Å². The molecule has 0 aliphatic carbocycles. The molecule has 0 atom stereocenters. The van der Waals surface area contributed by atoms with Gasteiger partial charge in [0.25, 0.3) is 5.91 Å². The van der Waals surface area contributed by atoms with E-state index < -0.39 is 18.5 Å². The Bertz CT molecular complexity index is 761. The van der Waals surface area contributed by atoms with Gasteiger partial charge < -0.3 is 19.5 Å². The zero-order valence-electron chi connectivity index (χ0n) is 14.6. The van der Waals surface area contributed by atoms with Gasteiger partial charge >= 0.3 is 5.97 Å². The van der Waals surface area contributed by atoms with Crippen molar-refractivity contribution in [1.82, 2.24) is 0 Å². The first-order valence-corrected chi connectivity index (χ1v) is 8.40. The summed E-state index contributed by atoms with van der Waals surface area (Å²) >= 11 is 5.90. The van der Waals surface area contributed by atoms with Crippen LogP contribution < -0.4 is 14.8 Å². The zero-order valence-corrected chi connectivity index (χ0v) is 15.3. The third-order valence-electron chi connectivity index (χ3n) is 3.38. The molecule has 0 unspecified atom stereocenters. The van der Waals surface area contributed by atoms with E-state index in [1.807, 2.05) is 6.92 Å². The lowest BCUT2D eigenvalue weighted by molar-refractivity contribution is -0.146. The monoisotopic (exact) mass is 377 g/mol. The lowest BCUT2D eigenvalue weighted by atomic mass is 10.1. The molecule has 2 rings (SSSR count). The van der Waals surface area contributed by atoms with Crippen LogP contribution in [0, 0.1) is 0 Å². The first-order chi connectivity index (χ1) is 12.5. The smallest absolute Gasteiger partial charge is 0.310 e. The highest BCUT2D eigenvalue weighted by Gasteiger charge is 2.12. The maximum Gasteiger partial charge on any atom is 0.310 e. The Kier molecular flexibility index (Phi) is 7.29. The van der Waals surface area contributed by atoms with Gasteiger partial charge in [-0.15, -0.1) is 0 Å². The van der Waals surface area contributed by atoms with Gasteiger partial charge in [0, 0.05) is 5.02 Å². The Labute approximate surface area is 157 Å². The lowest BCUT2D eigenvalue weighted by Gasteiger charge is -2.11. The summed E-state index contributed by atoms with van der Waals surface area (Å²) < 4.78 is 15.5. The molecular weight excluding hydrogens is 358 g/mol. The number of rotatable bonds is 8. The van der Waals surface area contributed by atoms with Crippen LogP contribution in [0.25, 0.3) is 0 Å². The Balaban J connectivity index is 1.83. The summed E-state index contributed by atoms with van der Waals surface area (Å²) in [5, 5.41) is 3.05. The molecule has 0 radical (unpaired) electrons. The van der Waals surface area contributed by atoms with Crippen molar-refractivity contribution < 1.29 is 23.8 Å². The highest BCUT2D eigenvalue weighted by atomic mass is 35.5. The van der Waals surface area contributed by atoms with Gasteiger partial charge in [0.15, 0.2) is 6.61 Å². The van der Waals surface area contributed by atoms with E-state index >= 15 is 0 Å². The highest BCUT2D eigenvalue weighted by molar-refractivity contribution is 6.31. The van der Waals surface area contributed by atoms with Gasteiger partial charge in [0.05, 0.1) is 25.8 Å². The maximum atomic E-state index is 12.0. The Morgan fingerprint density at radius 1 is 1.12 bits per heavy atom. The van der Waals surface area contributed by atoms with Crippen LogP contribution >= 0.6 is 11.6 Å².